The molecule has 6 nitrogen and oxygen atoms in total. The van der Waals surface area contributed by atoms with Crippen LogP contribution in [0.5, 0.6) is 17.2 Å². The van der Waals surface area contributed by atoms with Crippen molar-refractivity contribution in [1.29, 1.82) is 0 Å². The van der Waals surface area contributed by atoms with Crippen LogP contribution in [0.15, 0.2) is 36.4 Å². The number of thiophene rings is 1. The lowest BCUT2D eigenvalue weighted by molar-refractivity contribution is 0.0607. The fourth-order valence-electron chi connectivity index (χ4n) is 2.70. The molecule has 0 atom stereocenters. The molecule has 7 heteroatoms. The zero-order chi connectivity index (χ0) is 18.7. The Morgan fingerprint density at radius 2 is 1.62 bits per heavy atom. The average molecular weight is 373 g/mol. The van der Waals surface area contributed by atoms with E-state index in [0.717, 1.165) is 10.1 Å². The van der Waals surface area contributed by atoms with E-state index in [0.29, 0.717) is 33.5 Å². The van der Waals surface area contributed by atoms with E-state index in [1.165, 1.54) is 18.4 Å². The Morgan fingerprint density at radius 1 is 0.962 bits per heavy atom. The molecule has 136 valence electrons. The van der Waals surface area contributed by atoms with Gasteiger partial charge in [0.1, 0.15) is 4.88 Å². The summed E-state index contributed by atoms with van der Waals surface area (Å²) in [5.74, 6) is 1.16. The maximum absolute atomic E-state index is 12.2. The van der Waals surface area contributed by atoms with Gasteiger partial charge in [0.2, 0.25) is 5.75 Å². The van der Waals surface area contributed by atoms with Gasteiger partial charge in [-0.05, 0) is 6.07 Å². The summed E-state index contributed by atoms with van der Waals surface area (Å²) in [6.45, 7) is 0. The summed E-state index contributed by atoms with van der Waals surface area (Å²) >= 11 is 1.38. The van der Waals surface area contributed by atoms with E-state index in [9.17, 15) is 4.79 Å². The van der Waals surface area contributed by atoms with Crippen LogP contribution in [0, 0.1) is 0 Å². The van der Waals surface area contributed by atoms with Crippen LogP contribution in [0.2, 0.25) is 0 Å². The molecule has 0 bridgehead atoms. The summed E-state index contributed by atoms with van der Waals surface area (Å²) in [4.78, 5) is 12.7. The average Bonchev–Trinajstić information content (AvgIpc) is 3.05. The van der Waals surface area contributed by atoms with Crippen molar-refractivity contribution < 1.29 is 23.7 Å². The molecule has 0 aliphatic carbocycles. The highest BCUT2D eigenvalue weighted by molar-refractivity contribution is 7.21. The largest absolute Gasteiger partial charge is 0.493 e. The molecule has 0 fully saturated rings. The van der Waals surface area contributed by atoms with Crippen molar-refractivity contribution in [2.45, 2.75) is 0 Å². The molecule has 2 aromatic carbocycles. The second-order valence-corrected chi connectivity index (χ2v) is 6.39. The quantitative estimate of drug-likeness (QED) is 0.644. The van der Waals surface area contributed by atoms with Crippen LogP contribution in [0.25, 0.3) is 10.1 Å². The molecule has 3 rings (SSSR count). The maximum atomic E-state index is 12.2. The first-order chi connectivity index (χ1) is 12.6. The molecule has 0 aliphatic heterocycles. The monoisotopic (exact) mass is 373 g/mol. The Bertz CT molecular complexity index is 925. The lowest BCUT2D eigenvalue weighted by Crippen LogP contribution is -2.03. The number of carbonyl (C=O) groups is 1. The Balaban J connectivity index is 2.13. The van der Waals surface area contributed by atoms with Crippen LogP contribution in [-0.4, -0.2) is 34.4 Å². The number of fused-ring (bicyclic) bond motifs is 1. The first-order valence-electron chi connectivity index (χ1n) is 7.79. The van der Waals surface area contributed by atoms with E-state index in [2.05, 4.69) is 5.32 Å². The molecule has 0 unspecified atom stereocenters. The van der Waals surface area contributed by atoms with Gasteiger partial charge >= 0.3 is 5.97 Å². The Morgan fingerprint density at radius 3 is 2.19 bits per heavy atom. The van der Waals surface area contributed by atoms with Crippen LogP contribution in [0.4, 0.5) is 11.4 Å². The van der Waals surface area contributed by atoms with Gasteiger partial charge in [0, 0.05) is 27.9 Å². The van der Waals surface area contributed by atoms with E-state index >= 15 is 0 Å². The highest BCUT2D eigenvalue weighted by atomic mass is 32.1. The number of carbonyl (C=O) groups excluding carboxylic acids is 1. The second kappa shape index (κ2) is 7.53. The van der Waals surface area contributed by atoms with Gasteiger partial charge in [-0.1, -0.05) is 18.2 Å². The lowest BCUT2D eigenvalue weighted by atomic mass is 10.2. The van der Waals surface area contributed by atoms with Crippen molar-refractivity contribution >= 4 is 38.8 Å². The zero-order valence-corrected chi connectivity index (χ0v) is 15.7. The summed E-state index contributed by atoms with van der Waals surface area (Å²) in [5.41, 5.74) is 1.39. The fraction of sp³-hybridized carbons (Fsp3) is 0.211. The molecule has 0 spiro atoms. The number of esters is 1. The van der Waals surface area contributed by atoms with Crippen molar-refractivity contribution in [3.63, 3.8) is 0 Å². The van der Waals surface area contributed by atoms with E-state index in [1.807, 2.05) is 24.3 Å². The van der Waals surface area contributed by atoms with Gasteiger partial charge in [-0.15, -0.1) is 11.3 Å². The standard InChI is InChI=1S/C19H19NO5S/c1-22-13-9-11(10-14(23-2)17(13)24-3)20-16-12-7-5-6-8-15(12)26-18(16)19(21)25-4/h5-10,20H,1-4H3. The lowest BCUT2D eigenvalue weighted by Gasteiger charge is -2.15. The van der Waals surface area contributed by atoms with Crippen LogP contribution >= 0.6 is 11.3 Å². The molecular formula is C19H19NO5S. The van der Waals surface area contributed by atoms with E-state index < -0.39 is 0 Å². The van der Waals surface area contributed by atoms with Gasteiger partial charge < -0.3 is 24.3 Å². The number of hydrogen-bond donors (Lipinski definition) is 1. The van der Waals surface area contributed by atoms with E-state index in [-0.39, 0.29) is 5.97 Å². The maximum Gasteiger partial charge on any atom is 0.350 e. The Hall–Kier alpha value is -2.93. The van der Waals surface area contributed by atoms with E-state index in [4.69, 9.17) is 18.9 Å². The van der Waals surface area contributed by atoms with Crippen molar-refractivity contribution in [2.75, 3.05) is 33.8 Å². The molecule has 0 saturated carbocycles. The number of nitrogens with one attached hydrogen (secondary N) is 1. The molecule has 1 aromatic heterocycles. The van der Waals surface area contributed by atoms with Gasteiger partial charge in [0.05, 0.1) is 34.1 Å². The van der Waals surface area contributed by atoms with Crippen molar-refractivity contribution in [1.82, 2.24) is 0 Å². The third-order valence-corrected chi connectivity index (χ3v) is 5.05. The minimum atomic E-state index is -0.388. The minimum absolute atomic E-state index is 0.388. The summed E-state index contributed by atoms with van der Waals surface area (Å²) in [6, 6.07) is 11.4. The number of benzene rings is 2. The predicted molar refractivity (Wildman–Crippen MR) is 103 cm³/mol. The Labute approximate surface area is 155 Å². The number of methoxy groups -OCH3 is 4. The fourth-order valence-corrected chi connectivity index (χ4v) is 3.78. The van der Waals surface area contributed by atoms with Crippen molar-refractivity contribution in [3.8, 4) is 17.2 Å². The topological polar surface area (TPSA) is 66.0 Å². The number of hydrogen-bond acceptors (Lipinski definition) is 7. The van der Waals surface area contributed by atoms with E-state index in [1.54, 1.807) is 33.5 Å². The van der Waals surface area contributed by atoms with Gasteiger partial charge in [0.25, 0.3) is 0 Å². The van der Waals surface area contributed by atoms with Crippen molar-refractivity contribution in [2.24, 2.45) is 0 Å². The Kier molecular flexibility index (Phi) is 5.18. The predicted octanol–water partition coefficient (Wildman–Crippen LogP) is 4.46. The van der Waals surface area contributed by atoms with Crippen molar-refractivity contribution in [3.05, 3.63) is 41.3 Å². The smallest absolute Gasteiger partial charge is 0.350 e. The highest BCUT2D eigenvalue weighted by Gasteiger charge is 2.20. The normalized spacial score (nSPS) is 10.5. The third kappa shape index (κ3) is 3.13. The molecular weight excluding hydrogens is 354 g/mol. The van der Waals surface area contributed by atoms with Gasteiger partial charge in [-0.3, -0.25) is 0 Å². The molecule has 0 aliphatic rings. The molecule has 1 heterocycles. The number of rotatable bonds is 6. The van der Waals surface area contributed by atoms with Crippen LogP contribution in [0.3, 0.4) is 0 Å². The molecule has 26 heavy (non-hydrogen) atoms. The number of ether oxygens (including phenoxy) is 4. The molecule has 0 saturated heterocycles. The first-order valence-corrected chi connectivity index (χ1v) is 8.61. The summed E-state index contributed by atoms with van der Waals surface area (Å²) in [6.07, 6.45) is 0. The minimum Gasteiger partial charge on any atom is -0.493 e. The second-order valence-electron chi connectivity index (χ2n) is 5.33. The summed E-state index contributed by atoms with van der Waals surface area (Å²) in [7, 11) is 6.03. The summed E-state index contributed by atoms with van der Waals surface area (Å²) < 4.78 is 22.1. The SMILES string of the molecule is COC(=O)c1sc2ccccc2c1Nc1cc(OC)c(OC)c(OC)c1. The summed E-state index contributed by atoms with van der Waals surface area (Å²) in [5, 5.41) is 4.24. The molecule has 0 amide bonds. The van der Waals surface area contributed by atoms with Gasteiger partial charge in [-0.25, -0.2) is 4.79 Å². The van der Waals surface area contributed by atoms with Gasteiger partial charge in [-0.2, -0.15) is 0 Å². The highest BCUT2D eigenvalue weighted by Crippen LogP contribution is 2.43. The molecule has 1 N–H and O–H groups in total. The molecule has 3 aromatic rings. The zero-order valence-electron chi connectivity index (χ0n) is 14.9. The first kappa shape index (κ1) is 17.9. The van der Waals surface area contributed by atoms with Crippen LogP contribution in [-0.2, 0) is 4.74 Å². The van der Waals surface area contributed by atoms with Crippen LogP contribution in [0.1, 0.15) is 9.67 Å². The molecule has 0 radical (unpaired) electrons. The number of anilines is 2. The third-order valence-electron chi connectivity index (χ3n) is 3.90. The van der Waals surface area contributed by atoms with Crippen LogP contribution < -0.4 is 19.5 Å². The van der Waals surface area contributed by atoms with Gasteiger partial charge in [0.15, 0.2) is 11.5 Å².